The summed E-state index contributed by atoms with van der Waals surface area (Å²) in [5.74, 6) is -2.16. The van der Waals surface area contributed by atoms with Gasteiger partial charge in [0.1, 0.15) is 17.7 Å². The Kier molecular flexibility index (Phi) is 3.96. The molecule has 134 valence electrons. The van der Waals surface area contributed by atoms with E-state index >= 15 is 0 Å². The number of aliphatic hydroxyl groups is 1. The summed E-state index contributed by atoms with van der Waals surface area (Å²) in [6, 6.07) is 8.93. The second-order valence-electron chi connectivity index (χ2n) is 6.58. The second kappa shape index (κ2) is 6.17. The molecule has 4 rings (SSSR count). The number of carbonyl (C=O) groups excluding carboxylic acids is 2. The van der Waals surface area contributed by atoms with Crippen LogP contribution in [0.4, 0.5) is 14.5 Å². The van der Waals surface area contributed by atoms with E-state index in [4.69, 9.17) is 0 Å². The first-order chi connectivity index (χ1) is 12.4. The van der Waals surface area contributed by atoms with Gasteiger partial charge >= 0.3 is 0 Å². The maximum absolute atomic E-state index is 13.5. The molecule has 2 aliphatic rings. The fraction of sp³-hybridized carbons (Fsp3) is 0.263. The number of amides is 2. The zero-order valence-corrected chi connectivity index (χ0v) is 13.7. The van der Waals surface area contributed by atoms with Gasteiger partial charge in [-0.25, -0.2) is 8.78 Å². The lowest BCUT2D eigenvalue weighted by molar-refractivity contribution is -0.122. The highest BCUT2D eigenvalue weighted by molar-refractivity contribution is 6.11. The average Bonchev–Trinajstić information content (AvgIpc) is 2.96. The number of carbonyl (C=O) groups is 2. The Labute approximate surface area is 148 Å². The maximum atomic E-state index is 13.5. The largest absolute Gasteiger partial charge is 0.391 e. The van der Waals surface area contributed by atoms with E-state index in [2.05, 4.69) is 0 Å². The zero-order chi connectivity index (χ0) is 18.4. The second-order valence-corrected chi connectivity index (χ2v) is 6.58. The molecular weight excluding hydrogens is 342 g/mol. The van der Waals surface area contributed by atoms with Crippen molar-refractivity contribution in [2.24, 2.45) is 0 Å². The van der Waals surface area contributed by atoms with Crippen molar-refractivity contribution in [1.29, 1.82) is 0 Å². The van der Waals surface area contributed by atoms with Crippen LogP contribution in [0.25, 0.3) is 0 Å². The molecule has 2 aromatic rings. The summed E-state index contributed by atoms with van der Waals surface area (Å²) in [5, 5.41) is 9.92. The topological polar surface area (TPSA) is 60.9 Å². The summed E-state index contributed by atoms with van der Waals surface area (Å²) >= 11 is 0. The average molecular weight is 358 g/mol. The van der Waals surface area contributed by atoms with Crippen molar-refractivity contribution in [3.05, 3.63) is 65.2 Å². The van der Waals surface area contributed by atoms with Crippen molar-refractivity contribution >= 4 is 17.5 Å². The van der Waals surface area contributed by atoms with E-state index in [0.29, 0.717) is 11.3 Å². The number of hydrogen-bond donors (Lipinski definition) is 1. The molecule has 1 saturated heterocycles. The van der Waals surface area contributed by atoms with E-state index in [1.165, 1.54) is 9.80 Å². The van der Waals surface area contributed by atoms with Crippen LogP contribution in [0.3, 0.4) is 0 Å². The molecule has 1 fully saturated rings. The van der Waals surface area contributed by atoms with E-state index in [0.717, 1.165) is 18.2 Å². The highest BCUT2D eigenvalue weighted by atomic mass is 19.1. The molecule has 0 unspecified atom stereocenters. The van der Waals surface area contributed by atoms with Crippen molar-refractivity contribution in [2.45, 2.75) is 25.1 Å². The lowest BCUT2D eigenvalue weighted by atomic mass is 10.1. The van der Waals surface area contributed by atoms with E-state index in [1.807, 2.05) is 0 Å². The van der Waals surface area contributed by atoms with Gasteiger partial charge in [-0.3, -0.25) is 9.59 Å². The normalized spacial score (nSPS) is 22.3. The molecule has 0 aliphatic carbocycles. The predicted octanol–water partition coefficient (Wildman–Crippen LogP) is 2.09. The van der Waals surface area contributed by atoms with Crippen LogP contribution in [0.5, 0.6) is 0 Å². The maximum Gasteiger partial charge on any atom is 0.256 e. The first kappa shape index (κ1) is 16.7. The van der Waals surface area contributed by atoms with Gasteiger partial charge in [0.05, 0.1) is 23.9 Å². The fourth-order valence-electron chi connectivity index (χ4n) is 3.66. The number of fused-ring (bicyclic) bond motifs is 2. The minimum absolute atomic E-state index is 0.0712. The van der Waals surface area contributed by atoms with Gasteiger partial charge in [0, 0.05) is 19.0 Å². The Hall–Kier alpha value is -2.80. The van der Waals surface area contributed by atoms with E-state index < -0.39 is 23.8 Å². The number of nitrogens with zero attached hydrogens (tertiary/aromatic N) is 2. The summed E-state index contributed by atoms with van der Waals surface area (Å²) in [6.07, 6.45) is -0.626. The highest BCUT2D eigenvalue weighted by Crippen LogP contribution is 2.33. The third kappa shape index (κ3) is 2.74. The molecule has 0 radical (unpaired) electrons. The monoisotopic (exact) mass is 358 g/mol. The Morgan fingerprint density at radius 2 is 1.77 bits per heavy atom. The summed E-state index contributed by atoms with van der Waals surface area (Å²) in [6.45, 7) is 0.0181. The first-order valence-corrected chi connectivity index (χ1v) is 8.28. The number of halogens is 2. The standard InChI is InChI=1S/C19H16F2N2O3/c20-12-5-11(6-13(21)7-12)9-22-16-4-2-1-3-15(16)18(25)23-10-14(24)8-17(23)19(22)26/h1-7,14,17,24H,8-10H2/t14-,17+/m1/s1. The molecule has 0 aromatic heterocycles. The third-order valence-corrected chi connectivity index (χ3v) is 4.78. The molecule has 7 heteroatoms. The molecule has 0 spiro atoms. The van der Waals surface area contributed by atoms with Gasteiger partial charge in [-0.05, 0) is 29.8 Å². The van der Waals surface area contributed by atoms with Gasteiger partial charge in [-0.2, -0.15) is 0 Å². The van der Waals surface area contributed by atoms with E-state index in [9.17, 15) is 23.5 Å². The molecule has 5 nitrogen and oxygen atoms in total. The number of para-hydroxylation sites is 1. The predicted molar refractivity (Wildman–Crippen MR) is 89.4 cm³/mol. The van der Waals surface area contributed by atoms with Crippen LogP contribution in [0, 0.1) is 11.6 Å². The summed E-state index contributed by atoms with van der Waals surface area (Å²) in [4.78, 5) is 28.7. The quantitative estimate of drug-likeness (QED) is 0.894. The molecule has 1 N–H and O–H groups in total. The molecule has 2 aliphatic heterocycles. The number of rotatable bonds is 2. The number of aliphatic hydroxyl groups excluding tert-OH is 1. The van der Waals surface area contributed by atoms with Gasteiger partial charge in [0.2, 0.25) is 5.91 Å². The van der Waals surface area contributed by atoms with Crippen LogP contribution in [0.15, 0.2) is 42.5 Å². The van der Waals surface area contributed by atoms with Gasteiger partial charge < -0.3 is 14.9 Å². The molecule has 0 saturated carbocycles. The summed E-state index contributed by atoms with van der Waals surface area (Å²) in [5.41, 5.74) is 1.01. The Morgan fingerprint density at radius 1 is 1.08 bits per heavy atom. The highest BCUT2D eigenvalue weighted by Gasteiger charge is 2.44. The minimum atomic E-state index is -0.789. The van der Waals surface area contributed by atoms with Crippen LogP contribution in [-0.2, 0) is 11.3 Å². The van der Waals surface area contributed by atoms with E-state index in [-0.39, 0.29) is 36.9 Å². The van der Waals surface area contributed by atoms with Gasteiger partial charge in [-0.1, -0.05) is 12.1 Å². The lowest BCUT2D eigenvalue weighted by Crippen LogP contribution is -2.44. The molecule has 0 bridgehead atoms. The van der Waals surface area contributed by atoms with Crippen molar-refractivity contribution in [1.82, 2.24) is 4.90 Å². The molecule has 26 heavy (non-hydrogen) atoms. The van der Waals surface area contributed by atoms with E-state index in [1.54, 1.807) is 24.3 Å². The SMILES string of the molecule is O=C1[C@@H]2C[C@@H](O)CN2C(=O)c2ccccc2N1Cc1cc(F)cc(F)c1. The minimum Gasteiger partial charge on any atom is -0.391 e. The molecule has 2 aromatic carbocycles. The third-order valence-electron chi connectivity index (χ3n) is 4.78. The fourth-order valence-corrected chi connectivity index (χ4v) is 3.66. The lowest BCUT2D eigenvalue weighted by Gasteiger charge is -2.26. The van der Waals surface area contributed by atoms with Crippen molar-refractivity contribution in [3.63, 3.8) is 0 Å². The first-order valence-electron chi connectivity index (χ1n) is 8.28. The van der Waals surface area contributed by atoms with Crippen LogP contribution >= 0.6 is 0 Å². The molecule has 2 atom stereocenters. The molecular formula is C19H16F2N2O3. The Bertz CT molecular complexity index is 882. The molecule has 2 amide bonds. The summed E-state index contributed by atoms with van der Waals surface area (Å²) < 4.78 is 27.1. The van der Waals surface area contributed by atoms with Crippen molar-refractivity contribution in [2.75, 3.05) is 11.4 Å². The number of anilines is 1. The van der Waals surface area contributed by atoms with Gasteiger partial charge in [0.25, 0.3) is 5.91 Å². The van der Waals surface area contributed by atoms with Crippen LogP contribution in [0.2, 0.25) is 0 Å². The summed E-state index contributed by atoms with van der Waals surface area (Å²) in [7, 11) is 0. The Balaban J connectivity index is 1.80. The van der Waals surface area contributed by atoms with Crippen molar-refractivity contribution in [3.8, 4) is 0 Å². The van der Waals surface area contributed by atoms with Gasteiger partial charge in [-0.15, -0.1) is 0 Å². The number of benzene rings is 2. The van der Waals surface area contributed by atoms with Crippen LogP contribution < -0.4 is 4.90 Å². The molecule has 2 heterocycles. The van der Waals surface area contributed by atoms with Crippen molar-refractivity contribution < 1.29 is 23.5 Å². The Morgan fingerprint density at radius 3 is 2.50 bits per heavy atom. The zero-order valence-electron chi connectivity index (χ0n) is 13.7. The van der Waals surface area contributed by atoms with Crippen LogP contribution in [-0.4, -0.2) is 40.5 Å². The number of hydrogen-bond acceptors (Lipinski definition) is 3. The smallest absolute Gasteiger partial charge is 0.256 e. The van der Waals surface area contributed by atoms with Crippen LogP contribution in [0.1, 0.15) is 22.3 Å². The van der Waals surface area contributed by atoms with Gasteiger partial charge in [0.15, 0.2) is 0 Å².